The molecule has 0 fully saturated rings. The minimum absolute atomic E-state index is 0.0709. The highest BCUT2D eigenvalue weighted by molar-refractivity contribution is 5.25. The molecule has 6 nitrogen and oxygen atoms in total. The number of anilines is 1. The summed E-state index contributed by atoms with van der Waals surface area (Å²) in [6.07, 6.45) is 0. The van der Waals surface area contributed by atoms with Gasteiger partial charge in [0.1, 0.15) is 0 Å². The lowest BCUT2D eigenvalue weighted by atomic mass is 10.2. The average molecular weight is 256 g/mol. The Morgan fingerprint density at radius 2 is 2.00 bits per heavy atom. The summed E-state index contributed by atoms with van der Waals surface area (Å²) in [5.41, 5.74) is 0. The van der Waals surface area contributed by atoms with Gasteiger partial charge in [-0.05, 0) is 26.3 Å². The summed E-state index contributed by atoms with van der Waals surface area (Å²) in [7, 11) is 0. The number of nitrogens with one attached hydrogen (secondary N) is 1. The van der Waals surface area contributed by atoms with Gasteiger partial charge in [0.2, 0.25) is 5.89 Å². The van der Waals surface area contributed by atoms with Gasteiger partial charge in [0, 0.05) is 12.6 Å². The Kier molecular flexibility index (Phi) is 6.07. The van der Waals surface area contributed by atoms with Crippen LogP contribution >= 0.6 is 0 Å². The Balaban J connectivity index is 2.55. The van der Waals surface area contributed by atoms with Gasteiger partial charge in [-0.3, -0.25) is 0 Å². The van der Waals surface area contributed by atoms with Gasteiger partial charge in [-0.1, -0.05) is 18.9 Å². The first-order chi connectivity index (χ1) is 8.54. The summed E-state index contributed by atoms with van der Waals surface area (Å²) >= 11 is 0. The Labute approximate surface area is 108 Å². The number of aliphatic hydroxyl groups excluding tert-OH is 1. The first-order valence-corrected chi connectivity index (χ1v) is 6.45. The molecule has 0 unspecified atom stereocenters. The van der Waals surface area contributed by atoms with Gasteiger partial charge in [0.15, 0.2) is 0 Å². The molecule has 18 heavy (non-hydrogen) atoms. The Bertz CT molecular complexity index is 339. The highest BCUT2D eigenvalue weighted by Crippen LogP contribution is 2.14. The SMILES string of the molecule is CC(C)CNCc1nnc(N(CCO)C(C)C)o1. The molecule has 0 aromatic carbocycles. The van der Waals surface area contributed by atoms with Crippen molar-refractivity contribution in [2.45, 2.75) is 40.3 Å². The molecule has 0 aliphatic heterocycles. The van der Waals surface area contributed by atoms with E-state index >= 15 is 0 Å². The number of aromatic nitrogens is 2. The maximum Gasteiger partial charge on any atom is 0.318 e. The normalized spacial score (nSPS) is 11.5. The molecule has 1 rings (SSSR count). The molecule has 104 valence electrons. The van der Waals surface area contributed by atoms with Gasteiger partial charge in [0.25, 0.3) is 0 Å². The maximum absolute atomic E-state index is 9.01. The standard InChI is InChI=1S/C12H24N4O2/c1-9(2)7-13-8-11-14-15-12(18-11)16(5-6-17)10(3)4/h9-10,13,17H,5-8H2,1-4H3. The minimum atomic E-state index is 0.0709. The molecule has 0 radical (unpaired) electrons. The average Bonchev–Trinajstić information content (AvgIpc) is 2.73. The van der Waals surface area contributed by atoms with E-state index in [9.17, 15) is 0 Å². The third kappa shape index (κ3) is 4.62. The van der Waals surface area contributed by atoms with E-state index in [4.69, 9.17) is 9.52 Å². The van der Waals surface area contributed by atoms with Crippen molar-refractivity contribution in [3.05, 3.63) is 5.89 Å². The van der Waals surface area contributed by atoms with Crippen molar-refractivity contribution >= 4 is 6.01 Å². The van der Waals surface area contributed by atoms with Crippen LogP contribution in [0.15, 0.2) is 4.42 Å². The van der Waals surface area contributed by atoms with E-state index in [-0.39, 0.29) is 12.6 Å². The number of nitrogens with zero attached hydrogens (tertiary/aromatic N) is 3. The molecule has 1 aromatic rings. The van der Waals surface area contributed by atoms with Crippen LogP contribution in [0.4, 0.5) is 6.01 Å². The first kappa shape index (κ1) is 14.9. The van der Waals surface area contributed by atoms with E-state index in [1.54, 1.807) is 0 Å². The van der Waals surface area contributed by atoms with Gasteiger partial charge >= 0.3 is 6.01 Å². The second-order valence-corrected chi connectivity index (χ2v) is 5.01. The predicted octanol–water partition coefficient (Wildman–Crippen LogP) is 1.02. The second kappa shape index (κ2) is 7.33. The molecule has 0 aliphatic carbocycles. The van der Waals surface area contributed by atoms with Crippen molar-refractivity contribution in [3.8, 4) is 0 Å². The molecular weight excluding hydrogens is 232 g/mol. The summed E-state index contributed by atoms with van der Waals surface area (Å²) < 4.78 is 5.57. The van der Waals surface area contributed by atoms with E-state index in [2.05, 4.69) is 29.4 Å². The number of hydrogen-bond donors (Lipinski definition) is 2. The molecule has 0 spiro atoms. The molecule has 6 heteroatoms. The van der Waals surface area contributed by atoms with Crippen LogP contribution in [0, 0.1) is 5.92 Å². The van der Waals surface area contributed by atoms with E-state index in [1.807, 2.05) is 18.7 Å². The smallest absolute Gasteiger partial charge is 0.318 e. The van der Waals surface area contributed by atoms with Gasteiger partial charge in [0.05, 0.1) is 13.2 Å². The van der Waals surface area contributed by atoms with E-state index < -0.39 is 0 Å². The number of hydrogen-bond acceptors (Lipinski definition) is 6. The second-order valence-electron chi connectivity index (χ2n) is 5.01. The van der Waals surface area contributed by atoms with Crippen LogP contribution in [-0.4, -0.2) is 41.0 Å². The van der Waals surface area contributed by atoms with Crippen molar-refractivity contribution < 1.29 is 9.52 Å². The third-order valence-corrected chi connectivity index (χ3v) is 2.49. The van der Waals surface area contributed by atoms with Crippen LogP contribution in [0.2, 0.25) is 0 Å². The lowest BCUT2D eigenvalue weighted by Gasteiger charge is -2.22. The summed E-state index contributed by atoms with van der Waals surface area (Å²) in [5.74, 6) is 1.17. The highest BCUT2D eigenvalue weighted by atomic mass is 16.4. The summed E-state index contributed by atoms with van der Waals surface area (Å²) in [6.45, 7) is 10.4. The highest BCUT2D eigenvalue weighted by Gasteiger charge is 2.16. The molecule has 0 amide bonds. The fourth-order valence-corrected chi connectivity index (χ4v) is 1.58. The Morgan fingerprint density at radius 3 is 2.56 bits per heavy atom. The molecule has 2 N–H and O–H groups in total. The molecule has 1 heterocycles. The summed E-state index contributed by atoms with van der Waals surface area (Å²) in [6, 6.07) is 0.689. The summed E-state index contributed by atoms with van der Waals surface area (Å²) in [5, 5.41) is 20.3. The minimum Gasteiger partial charge on any atom is -0.407 e. The lowest BCUT2D eigenvalue weighted by molar-refractivity contribution is 0.294. The zero-order chi connectivity index (χ0) is 13.5. The zero-order valence-electron chi connectivity index (χ0n) is 11.7. The largest absolute Gasteiger partial charge is 0.407 e. The Morgan fingerprint density at radius 1 is 1.28 bits per heavy atom. The quantitative estimate of drug-likeness (QED) is 0.723. The van der Waals surface area contributed by atoms with E-state index in [0.717, 1.165) is 6.54 Å². The van der Waals surface area contributed by atoms with Crippen molar-refractivity contribution in [1.82, 2.24) is 15.5 Å². The van der Waals surface area contributed by atoms with Crippen molar-refractivity contribution in [2.24, 2.45) is 5.92 Å². The molecular formula is C12H24N4O2. The monoisotopic (exact) mass is 256 g/mol. The van der Waals surface area contributed by atoms with Crippen LogP contribution in [0.3, 0.4) is 0 Å². The zero-order valence-corrected chi connectivity index (χ0v) is 11.7. The van der Waals surface area contributed by atoms with Gasteiger partial charge in [-0.15, -0.1) is 5.10 Å². The van der Waals surface area contributed by atoms with Crippen molar-refractivity contribution in [3.63, 3.8) is 0 Å². The predicted molar refractivity (Wildman–Crippen MR) is 70.4 cm³/mol. The summed E-state index contributed by atoms with van der Waals surface area (Å²) in [4.78, 5) is 1.89. The van der Waals surface area contributed by atoms with Gasteiger partial charge in [-0.2, -0.15) is 0 Å². The fraction of sp³-hybridized carbons (Fsp3) is 0.833. The van der Waals surface area contributed by atoms with E-state index in [0.29, 0.717) is 30.9 Å². The maximum atomic E-state index is 9.01. The van der Waals surface area contributed by atoms with Crippen molar-refractivity contribution in [2.75, 3.05) is 24.6 Å². The van der Waals surface area contributed by atoms with Crippen molar-refractivity contribution in [1.29, 1.82) is 0 Å². The fourth-order valence-electron chi connectivity index (χ4n) is 1.58. The lowest BCUT2D eigenvalue weighted by Crippen LogP contribution is -2.33. The van der Waals surface area contributed by atoms with Crippen LogP contribution in [0.25, 0.3) is 0 Å². The molecule has 0 bridgehead atoms. The molecule has 0 atom stereocenters. The molecule has 1 aromatic heterocycles. The number of aliphatic hydroxyl groups is 1. The first-order valence-electron chi connectivity index (χ1n) is 6.45. The van der Waals surface area contributed by atoms with Gasteiger partial charge < -0.3 is 19.7 Å². The van der Waals surface area contributed by atoms with Crippen LogP contribution < -0.4 is 10.2 Å². The third-order valence-electron chi connectivity index (χ3n) is 2.49. The molecule has 0 saturated carbocycles. The van der Waals surface area contributed by atoms with E-state index in [1.165, 1.54) is 0 Å². The topological polar surface area (TPSA) is 74.4 Å². The molecule has 0 saturated heterocycles. The van der Waals surface area contributed by atoms with Crippen LogP contribution in [-0.2, 0) is 6.54 Å². The number of rotatable bonds is 8. The van der Waals surface area contributed by atoms with Crippen LogP contribution in [0.1, 0.15) is 33.6 Å². The Hall–Kier alpha value is -1.14. The van der Waals surface area contributed by atoms with Crippen LogP contribution in [0.5, 0.6) is 0 Å². The van der Waals surface area contributed by atoms with Gasteiger partial charge in [-0.25, -0.2) is 0 Å². The molecule has 0 aliphatic rings.